The number of carbonyl (C=O) groups is 2. The summed E-state index contributed by atoms with van der Waals surface area (Å²) in [4.78, 5) is 38.3. The molecule has 3 aromatic rings. The maximum absolute atomic E-state index is 12.3. The molecule has 1 aliphatic heterocycles. The van der Waals surface area contributed by atoms with Crippen molar-refractivity contribution in [3.05, 3.63) is 48.5 Å². The molecule has 1 aliphatic rings. The van der Waals surface area contributed by atoms with Crippen LogP contribution < -0.4 is 5.32 Å². The van der Waals surface area contributed by atoms with Crippen LogP contribution in [0, 0.1) is 0 Å². The molecule has 10 heteroatoms. The third kappa shape index (κ3) is 3.88. The van der Waals surface area contributed by atoms with E-state index in [1.54, 1.807) is 10.9 Å². The van der Waals surface area contributed by atoms with E-state index in [0.717, 1.165) is 5.56 Å². The number of fused-ring (bicyclic) bond motifs is 1. The SMILES string of the molecule is COC(=O)N1C[C@H](OC(C)=O)C[C@H]1n1cnc2c(NCc3ccccc3)ncnc21. The third-order valence-electron chi connectivity index (χ3n) is 4.96. The molecule has 0 radical (unpaired) electrons. The van der Waals surface area contributed by atoms with Crippen molar-refractivity contribution in [2.24, 2.45) is 0 Å². The van der Waals surface area contributed by atoms with Gasteiger partial charge >= 0.3 is 12.1 Å². The van der Waals surface area contributed by atoms with Crippen LogP contribution in [0.2, 0.25) is 0 Å². The summed E-state index contributed by atoms with van der Waals surface area (Å²) in [6.07, 6.45) is 2.11. The number of carbonyl (C=O) groups excluding carboxylic acids is 2. The Morgan fingerprint density at radius 1 is 1.20 bits per heavy atom. The summed E-state index contributed by atoms with van der Waals surface area (Å²) in [5.41, 5.74) is 2.28. The van der Waals surface area contributed by atoms with Gasteiger partial charge < -0.3 is 14.8 Å². The van der Waals surface area contributed by atoms with Gasteiger partial charge in [-0.25, -0.2) is 19.7 Å². The van der Waals surface area contributed by atoms with Crippen molar-refractivity contribution in [2.75, 3.05) is 19.0 Å². The Kier molecular flexibility index (Phi) is 5.46. The fraction of sp³-hybridized carbons (Fsp3) is 0.350. The highest BCUT2D eigenvalue weighted by molar-refractivity contribution is 5.83. The van der Waals surface area contributed by atoms with Gasteiger partial charge in [0.15, 0.2) is 11.5 Å². The number of anilines is 1. The number of hydrogen-bond donors (Lipinski definition) is 1. The molecule has 0 aliphatic carbocycles. The van der Waals surface area contributed by atoms with Gasteiger partial charge in [-0.3, -0.25) is 14.3 Å². The summed E-state index contributed by atoms with van der Waals surface area (Å²) in [6, 6.07) is 9.95. The van der Waals surface area contributed by atoms with E-state index in [2.05, 4.69) is 20.3 Å². The fourth-order valence-corrected chi connectivity index (χ4v) is 3.66. The molecule has 30 heavy (non-hydrogen) atoms. The zero-order valence-corrected chi connectivity index (χ0v) is 16.7. The van der Waals surface area contributed by atoms with Crippen LogP contribution in [0.1, 0.15) is 25.1 Å². The van der Waals surface area contributed by atoms with Crippen molar-refractivity contribution < 1.29 is 19.1 Å². The van der Waals surface area contributed by atoms with Gasteiger partial charge in [0.2, 0.25) is 0 Å². The minimum absolute atomic E-state index is 0.237. The van der Waals surface area contributed by atoms with Crippen molar-refractivity contribution in [3.63, 3.8) is 0 Å². The molecule has 1 aromatic carbocycles. The molecule has 10 nitrogen and oxygen atoms in total. The van der Waals surface area contributed by atoms with Crippen molar-refractivity contribution in [1.82, 2.24) is 24.4 Å². The zero-order valence-electron chi connectivity index (χ0n) is 16.7. The molecule has 2 atom stereocenters. The van der Waals surface area contributed by atoms with Gasteiger partial charge in [-0.05, 0) is 5.56 Å². The second-order valence-electron chi connectivity index (χ2n) is 6.96. The van der Waals surface area contributed by atoms with Crippen molar-refractivity contribution in [1.29, 1.82) is 0 Å². The van der Waals surface area contributed by atoms with E-state index >= 15 is 0 Å². The number of likely N-dealkylation sites (tertiary alicyclic amines) is 1. The van der Waals surface area contributed by atoms with E-state index in [1.165, 1.54) is 25.3 Å². The molecule has 0 bridgehead atoms. The first-order valence-electron chi connectivity index (χ1n) is 9.54. The number of aromatic nitrogens is 4. The molecule has 1 amide bonds. The van der Waals surface area contributed by atoms with E-state index < -0.39 is 24.3 Å². The van der Waals surface area contributed by atoms with Crippen LogP contribution in [0.25, 0.3) is 11.2 Å². The molecular formula is C20H22N6O4. The van der Waals surface area contributed by atoms with Crippen LogP contribution in [0.15, 0.2) is 43.0 Å². The van der Waals surface area contributed by atoms with Crippen molar-refractivity contribution >= 4 is 29.0 Å². The van der Waals surface area contributed by atoms with Gasteiger partial charge in [0.05, 0.1) is 20.0 Å². The van der Waals surface area contributed by atoms with Crippen molar-refractivity contribution in [3.8, 4) is 0 Å². The second kappa shape index (κ2) is 8.36. The summed E-state index contributed by atoms with van der Waals surface area (Å²) >= 11 is 0. The molecule has 0 unspecified atom stereocenters. The highest BCUT2D eigenvalue weighted by Crippen LogP contribution is 2.32. The summed E-state index contributed by atoms with van der Waals surface area (Å²) < 4.78 is 12.0. The summed E-state index contributed by atoms with van der Waals surface area (Å²) in [7, 11) is 1.32. The van der Waals surface area contributed by atoms with Gasteiger partial charge in [-0.15, -0.1) is 0 Å². The lowest BCUT2D eigenvalue weighted by Crippen LogP contribution is -2.34. The smallest absolute Gasteiger partial charge is 0.411 e. The maximum Gasteiger partial charge on any atom is 0.411 e. The molecule has 1 saturated heterocycles. The van der Waals surface area contributed by atoms with Crippen molar-refractivity contribution in [2.45, 2.75) is 32.2 Å². The molecule has 3 heterocycles. The molecule has 156 valence electrons. The van der Waals surface area contributed by atoms with Crippen LogP contribution in [0.3, 0.4) is 0 Å². The van der Waals surface area contributed by atoms with E-state index in [1.807, 2.05) is 30.3 Å². The maximum atomic E-state index is 12.3. The predicted molar refractivity (Wildman–Crippen MR) is 107 cm³/mol. The average molecular weight is 410 g/mol. The lowest BCUT2D eigenvalue weighted by atomic mass is 10.2. The normalized spacial score (nSPS) is 18.4. The summed E-state index contributed by atoms with van der Waals surface area (Å²) in [5, 5.41) is 3.29. The summed E-state index contributed by atoms with van der Waals surface area (Å²) in [6.45, 7) is 2.17. The number of esters is 1. The van der Waals surface area contributed by atoms with E-state index in [4.69, 9.17) is 9.47 Å². The number of hydrogen-bond acceptors (Lipinski definition) is 8. The lowest BCUT2D eigenvalue weighted by molar-refractivity contribution is -0.145. The average Bonchev–Trinajstić information content (AvgIpc) is 3.36. The first-order chi connectivity index (χ1) is 14.6. The van der Waals surface area contributed by atoms with Gasteiger partial charge in [-0.1, -0.05) is 30.3 Å². The molecule has 1 fully saturated rings. The Morgan fingerprint density at radius 2 is 2.00 bits per heavy atom. The van der Waals surface area contributed by atoms with Gasteiger partial charge in [0.1, 0.15) is 24.1 Å². The number of methoxy groups -OCH3 is 1. The van der Waals surface area contributed by atoms with Gasteiger partial charge in [0.25, 0.3) is 0 Å². The monoisotopic (exact) mass is 410 g/mol. The first kappa shape index (κ1) is 19.6. The number of ether oxygens (including phenoxy) is 2. The minimum Gasteiger partial charge on any atom is -0.461 e. The largest absolute Gasteiger partial charge is 0.461 e. The van der Waals surface area contributed by atoms with Gasteiger partial charge in [0, 0.05) is 19.9 Å². The zero-order chi connectivity index (χ0) is 21.1. The molecule has 2 aromatic heterocycles. The first-order valence-corrected chi connectivity index (χ1v) is 9.54. The van der Waals surface area contributed by atoms with Gasteiger partial charge in [-0.2, -0.15) is 0 Å². The molecular weight excluding hydrogens is 388 g/mol. The quantitative estimate of drug-likeness (QED) is 0.638. The third-order valence-corrected chi connectivity index (χ3v) is 4.96. The fourth-order valence-electron chi connectivity index (χ4n) is 3.66. The number of benzene rings is 1. The molecule has 1 N–H and O–H groups in total. The number of amides is 1. The van der Waals surface area contributed by atoms with Crippen LogP contribution in [0.4, 0.5) is 10.6 Å². The highest BCUT2D eigenvalue weighted by Gasteiger charge is 2.39. The number of imidazole rings is 1. The predicted octanol–water partition coefficient (Wildman–Crippen LogP) is 2.34. The standard InChI is InChI=1S/C20H22N6O4/c1-13(27)30-15-8-16(25(10-15)20(28)29-2)26-12-24-17-18(22-11-23-19(17)26)21-9-14-6-4-3-5-7-14/h3-7,11-12,15-16H,8-10H2,1-2H3,(H,21,22,23)/t15-,16-/m1/s1. The van der Waals surface area contributed by atoms with E-state index in [0.29, 0.717) is 29.9 Å². The van der Waals surface area contributed by atoms with Crippen LogP contribution in [0.5, 0.6) is 0 Å². The Morgan fingerprint density at radius 3 is 2.73 bits per heavy atom. The van der Waals surface area contributed by atoms with E-state index in [-0.39, 0.29) is 6.54 Å². The lowest BCUT2D eigenvalue weighted by Gasteiger charge is -2.23. The Labute approximate surface area is 172 Å². The molecule has 0 saturated carbocycles. The number of rotatable bonds is 5. The van der Waals surface area contributed by atoms with E-state index in [9.17, 15) is 9.59 Å². The summed E-state index contributed by atoms with van der Waals surface area (Å²) in [5.74, 6) is 0.206. The Bertz CT molecular complexity index is 1050. The minimum atomic E-state index is -0.506. The topological polar surface area (TPSA) is 111 Å². The molecule has 0 spiro atoms. The second-order valence-corrected chi connectivity index (χ2v) is 6.96. The highest BCUT2D eigenvalue weighted by atomic mass is 16.6. The Balaban J connectivity index is 1.62. The van der Waals surface area contributed by atoms with Crippen LogP contribution >= 0.6 is 0 Å². The Hall–Kier alpha value is -3.69. The van der Waals surface area contributed by atoms with Crippen LogP contribution in [-0.4, -0.2) is 56.2 Å². The molecule has 4 rings (SSSR count). The number of nitrogens with zero attached hydrogens (tertiary/aromatic N) is 5. The van der Waals surface area contributed by atoms with Crippen LogP contribution in [-0.2, 0) is 20.8 Å². The number of nitrogens with one attached hydrogen (secondary N) is 1.